The van der Waals surface area contributed by atoms with Gasteiger partial charge in [-0.05, 0) is 18.8 Å². The molecule has 2 N–H and O–H groups in total. The average Bonchev–Trinajstić information content (AvgIpc) is 2.93. The van der Waals surface area contributed by atoms with Crippen LogP contribution in [0.25, 0.3) is 0 Å². The van der Waals surface area contributed by atoms with E-state index in [1.54, 1.807) is 0 Å². The van der Waals surface area contributed by atoms with Gasteiger partial charge in [-0.15, -0.1) is 0 Å². The molecule has 1 saturated carbocycles. The minimum atomic E-state index is -0.641. The van der Waals surface area contributed by atoms with Crippen LogP contribution in [0.1, 0.15) is 45.4 Å². The van der Waals surface area contributed by atoms with Crippen LogP contribution >= 0.6 is 0 Å². The molecular weight excluding hydrogens is 260 g/mol. The van der Waals surface area contributed by atoms with E-state index in [0.29, 0.717) is 13.1 Å². The van der Waals surface area contributed by atoms with Gasteiger partial charge in [0.15, 0.2) is 23.3 Å². The van der Waals surface area contributed by atoms with Crippen LogP contribution in [0.5, 0.6) is 0 Å². The van der Waals surface area contributed by atoms with E-state index in [1.807, 2.05) is 6.92 Å². The highest BCUT2D eigenvalue weighted by Gasteiger charge is 2.15. The van der Waals surface area contributed by atoms with Gasteiger partial charge in [-0.25, -0.2) is 13.8 Å². The molecule has 1 heterocycles. The third-order valence-corrected chi connectivity index (χ3v) is 3.79. The third-order valence-electron chi connectivity index (χ3n) is 3.79. The predicted molar refractivity (Wildman–Crippen MR) is 78.0 cm³/mol. The summed E-state index contributed by atoms with van der Waals surface area (Å²) in [5.74, 6) is -0.267. The Labute approximate surface area is 119 Å². The molecule has 0 bridgehead atoms. The normalized spacial score (nSPS) is 15.6. The maximum absolute atomic E-state index is 13.7. The zero-order chi connectivity index (χ0) is 14.4. The average molecular weight is 283 g/mol. The van der Waals surface area contributed by atoms with Gasteiger partial charge in [0.2, 0.25) is 0 Å². The van der Waals surface area contributed by atoms with Crippen molar-refractivity contribution in [3.63, 3.8) is 0 Å². The number of halogens is 2. The summed E-state index contributed by atoms with van der Waals surface area (Å²) in [5.41, 5.74) is 0. The van der Waals surface area contributed by atoms with Crippen LogP contribution in [0, 0.1) is 17.6 Å². The summed E-state index contributed by atoms with van der Waals surface area (Å²) in [4.78, 5) is 4.00. The van der Waals surface area contributed by atoms with E-state index in [9.17, 15) is 8.78 Å². The number of hydrogen-bond acceptors (Lipinski definition) is 3. The second-order valence-electron chi connectivity index (χ2n) is 5.44. The van der Waals surface area contributed by atoms with Crippen LogP contribution in [0.15, 0.2) is 6.07 Å². The van der Waals surface area contributed by atoms with Gasteiger partial charge in [-0.1, -0.05) is 32.6 Å². The lowest BCUT2D eigenvalue weighted by atomic mass is 10.0. The molecule has 1 aromatic heterocycles. The summed E-state index contributed by atoms with van der Waals surface area (Å²) in [6.07, 6.45) is 7.03. The number of nitrogens with one attached hydrogen (secondary N) is 2. The molecule has 3 nitrogen and oxygen atoms in total. The van der Waals surface area contributed by atoms with E-state index in [-0.39, 0.29) is 11.6 Å². The molecule has 20 heavy (non-hydrogen) atoms. The van der Waals surface area contributed by atoms with Crippen LogP contribution in [0.2, 0.25) is 0 Å². The van der Waals surface area contributed by atoms with Gasteiger partial charge < -0.3 is 10.6 Å². The van der Waals surface area contributed by atoms with Crippen molar-refractivity contribution in [3.8, 4) is 0 Å². The topological polar surface area (TPSA) is 37.0 Å². The fourth-order valence-corrected chi connectivity index (χ4v) is 2.65. The molecule has 0 aliphatic heterocycles. The molecular formula is C15H23F2N3. The van der Waals surface area contributed by atoms with Gasteiger partial charge in [0.1, 0.15) is 0 Å². The molecule has 0 unspecified atom stereocenters. The van der Waals surface area contributed by atoms with Crippen LogP contribution < -0.4 is 10.6 Å². The zero-order valence-corrected chi connectivity index (χ0v) is 12.0. The van der Waals surface area contributed by atoms with E-state index >= 15 is 0 Å². The standard InChI is InChI=1S/C15H23F2N3/c1-2-8-18-14-12(16)10-13(17)15(20-14)19-9-7-11-5-3-4-6-11/h10-11H,2-9H2,1H3,(H2,18,19,20). The van der Waals surface area contributed by atoms with E-state index in [1.165, 1.54) is 25.7 Å². The van der Waals surface area contributed by atoms with Gasteiger partial charge in [0.25, 0.3) is 0 Å². The first-order chi connectivity index (χ1) is 9.70. The van der Waals surface area contributed by atoms with Gasteiger partial charge >= 0.3 is 0 Å². The SMILES string of the molecule is CCCNc1nc(NCCC2CCCC2)c(F)cc1F. The number of nitrogens with zero attached hydrogens (tertiary/aromatic N) is 1. The summed E-state index contributed by atoms with van der Waals surface area (Å²) in [6.45, 7) is 3.29. The smallest absolute Gasteiger partial charge is 0.168 e. The largest absolute Gasteiger partial charge is 0.368 e. The fraction of sp³-hybridized carbons (Fsp3) is 0.667. The Balaban J connectivity index is 1.91. The number of rotatable bonds is 7. The van der Waals surface area contributed by atoms with Crippen molar-refractivity contribution >= 4 is 11.6 Å². The number of aromatic nitrogens is 1. The molecule has 0 saturated heterocycles. The minimum absolute atomic E-state index is 0.122. The van der Waals surface area contributed by atoms with E-state index in [0.717, 1.165) is 24.8 Å². The van der Waals surface area contributed by atoms with Crippen molar-refractivity contribution in [3.05, 3.63) is 17.7 Å². The number of hydrogen-bond donors (Lipinski definition) is 2. The van der Waals surface area contributed by atoms with Crippen molar-refractivity contribution in [2.45, 2.75) is 45.4 Å². The Kier molecular flexibility index (Phi) is 5.56. The van der Waals surface area contributed by atoms with Crippen molar-refractivity contribution < 1.29 is 8.78 Å². The fourth-order valence-electron chi connectivity index (χ4n) is 2.65. The van der Waals surface area contributed by atoms with E-state index < -0.39 is 11.6 Å². The summed E-state index contributed by atoms with van der Waals surface area (Å²) in [7, 11) is 0. The highest BCUT2D eigenvalue weighted by molar-refractivity contribution is 5.47. The quantitative estimate of drug-likeness (QED) is 0.788. The Morgan fingerprint density at radius 2 is 1.70 bits per heavy atom. The first-order valence-electron chi connectivity index (χ1n) is 7.54. The van der Waals surface area contributed by atoms with Crippen LogP contribution in [-0.2, 0) is 0 Å². The first-order valence-corrected chi connectivity index (χ1v) is 7.54. The molecule has 0 spiro atoms. The maximum Gasteiger partial charge on any atom is 0.168 e. The Bertz CT molecular complexity index is 431. The lowest BCUT2D eigenvalue weighted by molar-refractivity contribution is 0.516. The lowest BCUT2D eigenvalue weighted by Crippen LogP contribution is -2.12. The molecule has 0 aromatic carbocycles. The highest BCUT2D eigenvalue weighted by Crippen LogP contribution is 2.27. The Morgan fingerprint density at radius 3 is 2.30 bits per heavy atom. The Hall–Kier alpha value is -1.39. The minimum Gasteiger partial charge on any atom is -0.368 e. The summed E-state index contributed by atoms with van der Waals surface area (Å²) >= 11 is 0. The molecule has 2 rings (SSSR count). The number of pyridine rings is 1. The molecule has 5 heteroatoms. The van der Waals surface area contributed by atoms with Crippen LogP contribution in [-0.4, -0.2) is 18.1 Å². The van der Waals surface area contributed by atoms with Crippen molar-refractivity contribution in [1.82, 2.24) is 4.98 Å². The Morgan fingerprint density at radius 1 is 1.10 bits per heavy atom. The monoisotopic (exact) mass is 283 g/mol. The lowest BCUT2D eigenvalue weighted by Gasteiger charge is -2.12. The molecule has 1 aliphatic carbocycles. The molecule has 0 amide bonds. The first kappa shape index (κ1) is 15.0. The summed E-state index contributed by atoms with van der Waals surface area (Å²) in [5, 5.41) is 5.86. The van der Waals surface area contributed by atoms with Crippen LogP contribution in [0.3, 0.4) is 0 Å². The molecule has 1 aromatic rings. The number of anilines is 2. The second-order valence-corrected chi connectivity index (χ2v) is 5.44. The second kappa shape index (κ2) is 7.41. The highest BCUT2D eigenvalue weighted by atomic mass is 19.1. The zero-order valence-electron chi connectivity index (χ0n) is 12.0. The molecule has 0 atom stereocenters. The molecule has 0 radical (unpaired) electrons. The molecule has 112 valence electrons. The van der Waals surface area contributed by atoms with Crippen molar-refractivity contribution in [2.24, 2.45) is 5.92 Å². The van der Waals surface area contributed by atoms with Gasteiger partial charge in [-0.2, -0.15) is 0 Å². The summed E-state index contributed by atoms with van der Waals surface area (Å²) < 4.78 is 27.2. The predicted octanol–water partition coefficient (Wildman–Crippen LogP) is 4.17. The molecule has 1 fully saturated rings. The van der Waals surface area contributed by atoms with E-state index in [4.69, 9.17) is 0 Å². The van der Waals surface area contributed by atoms with Gasteiger partial charge in [-0.3, -0.25) is 0 Å². The maximum atomic E-state index is 13.7. The van der Waals surface area contributed by atoms with E-state index in [2.05, 4.69) is 15.6 Å². The summed E-state index contributed by atoms with van der Waals surface area (Å²) in [6, 6.07) is 0.892. The van der Waals surface area contributed by atoms with Gasteiger partial charge in [0, 0.05) is 19.2 Å². The third kappa shape index (κ3) is 4.05. The van der Waals surface area contributed by atoms with Crippen molar-refractivity contribution in [1.29, 1.82) is 0 Å². The van der Waals surface area contributed by atoms with Gasteiger partial charge in [0.05, 0.1) is 0 Å². The van der Waals surface area contributed by atoms with Crippen LogP contribution in [0.4, 0.5) is 20.4 Å². The van der Waals surface area contributed by atoms with Crippen molar-refractivity contribution in [2.75, 3.05) is 23.7 Å². The molecule has 1 aliphatic rings.